The van der Waals surface area contributed by atoms with Crippen molar-refractivity contribution in [2.75, 3.05) is 18.0 Å². The van der Waals surface area contributed by atoms with E-state index in [1.807, 2.05) is 24.3 Å². The summed E-state index contributed by atoms with van der Waals surface area (Å²) in [5.74, 6) is -1.14. The van der Waals surface area contributed by atoms with Crippen LogP contribution in [-0.2, 0) is 0 Å². The van der Waals surface area contributed by atoms with Gasteiger partial charge in [0.2, 0.25) is 0 Å². The number of aromatic carboxylic acids is 1. The number of anilines is 1. The summed E-state index contributed by atoms with van der Waals surface area (Å²) in [4.78, 5) is 21.8. The molecule has 0 aliphatic rings. The number of rotatable bonds is 5. The van der Waals surface area contributed by atoms with E-state index in [9.17, 15) is 9.18 Å². The van der Waals surface area contributed by atoms with E-state index < -0.39 is 5.97 Å². The van der Waals surface area contributed by atoms with Gasteiger partial charge in [0.1, 0.15) is 5.82 Å². The highest BCUT2D eigenvalue weighted by Gasteiger charge is 2.13. The van der Waals surface area contributed by atoms with Crippen LogP contribution in [0.25, 0.3) is 33.1 Å². The van der Waals surface area contributed by atoms with Crippen molar-refractivity contribution >= 4 is 33.5 Å². The predicted octanol–water partition coefficient (Wildman–Crippen LogP) is 6.82. The fourth-order valence-electron chi connectivity index (χ4n) is 3.94. The third kappa shape index (κ3) is 5.44. The summed E-state index contributed by atoms with van der Waals surface area (Å²) in [6.07, 6.45) is 1.68. The summed E-state index contributed by atoms with van der Waals surface area (Å²) in [6, 6.07) is 25.3. The highest BCUT2D eigenvalue weighted by molar-refractivity contribution is 5.93. The highest BCUT2D eigenvalue weighted by atomic mass is 19.1. The molecule has 0 spiro atoms. The molecule has 0 fully saturated rings. The molecule has 0 saturated heterocycles. The van der Waals surface area contributed by atoms with Crippen LogP contribution in [0, 0.1) is 5.82 Å². The molecular formula is C29H26FN3O2. The first-order chi connectivity index (χ1) is 17.0. The molecule has 1 N–H and O–H groups in total. The molecule has 176 valence electrons. The SMILES string of the molecule is CCN(CC)c1cc2ccccc2nc1-c1ccc(F)cc1.O=C(O)c1ccc2ncccc2c1. The maximum atomic E-state index is 13.2. The van der Waals surface area contributed by atoms with Gasteiger partial charge in [-0.1, -0.05) is 24.3 Å². The molecule has 5 rings (SSSR count). The molecule has 0 radical (unpaired) electrons. The van der Waals surface area contributed by atoms with E-state index in [4.69, 9.17) is 10.1 Å². The number of carboxylic acid groups (broad SMARTS) is 1. The van der Waals surface area contributed by atoms with Crippen LogP contribution in [-0.4, -0.2) is 34.1 Å². The Morgan fingerprint density at radius 1 is 0.857 bits per heavy atom. The summed E-state index contributed by atoms with van der Waals surface area (Å²) >= 11 is 0. The zero-order valence-electron chi connectivity index (χ0n) is 19.6. The summed E-state index contributed by atoms with van der Waals surface area (Å²) < 4.78 is 13.2. The quantitative estimate of drug-likeness (QED) is 0.307. The normalized spacial score (nSPS) is 10.6. The first-order valence-electron chi connectivity index (χ1n) is 11.5. The van der Waals surface area contributed by atoms with Crippen LogP contribution >= 0.6 is 0 Å². The zero-order valence-corrected chi connectivity index (χ0v) is 19.6. The summed E-state index contributed by atoms with van der Waals surface area (Å²) in [7, 11) is 0. The van der Waals surface area contributed by atoms with Gasteiger partial charge in [-0.3, -0.25) is 4.98 Å². The largest absolute Gasteiger partial charge is 0.478 e. The third-order valence-electron chi connectivity index (χ3n) is 5.78. The van der Waals surface area contributed by atoms with Crippen LogP contribution in [0.1, 0.15) is 24.2 Å². The average Bonchev–Trinajstić information content (AvgIpc) is 2.89. The Kier molecular flexibility index (Phi) is 7.31. The van der Waals surface area contributed by atoms with E-state index in [0.717, 1.165) is 51.8 Å². The lowest BCUT2D eigenvalue weighted by Gasteiger charge is -2.24. The number of carboxylic acids is 1. The molecule has 5 aromatic rings. The van der Waals surface area contributed by atoms with E-state index in [1.54, 1.807) is 42.6 Å². The van der Waals surface area contributed by atoms with Gasteiger partial charge in [0.25, 0.3) is 0 Å². The zero-order chi connectivity index (χ0) is 24.8. The van der Waals surface area contributed by atoms with Gasteiger partial charge in [-0.05, 0) is 74.5 Å². The van der Waals surface area contributed by atoms with E-state index in [1.165, 1.54) is 12.1 Å². The number of benzene rings is 3. The van der Waals surface area contributed by atoms with Crippen molar-refractivity contribution in [2.24, 2.45) is 0 Å². The minimum atomic E-state index is -0.911. The van der Waals surface area contributed by atoms with Crippen LogP contribution in [0.5, 0.6) is 0 Å². The topological polar surface area (TPSA) is 66.3 Å². The average molecular weight is 468 g/mol. The van der Waals surface area contributed by atoms with Crippen LogP contribution in [0.15, 0.2) is 91.1 Å². The Morgan fingerprint density at radius 2 is 1.54 bits per heavy atom. The third-order valence-corrected chi connectivity index (χ3v) is 5.78. The first-order valence-corrected chi connectivity index (χ1v) is 11.5. The fraction of sp³-hybridized carbons (Fsp3) is 0.138. The van der Waals surface area contributed by atoms with E-state index in [0.29, 0.717) is 5.56 Å². The molecule has 5 nitrogen and oxygen atoms in total. The van der Waals surface area contributed by atoms with Gasteiger partial charge in [-0.15, -0.1) is 0 Å². The second-order valence-electron chi connectivity index (χ2n) is 7.94. The number of halogens is 1. The van der Waals surface area contributed by atoms with Crippen molar-refractivity contribution in [2.45, 2.75) is 13.8 Å². The minimum absolute atomic E-state index is 0.228. The standard InChI is InChI=1S/C19H19FN2.C10H7NO2/c1-3-22(4-2)18-13-15-7-5-6-8-17(15)21-19(18)14-9-11-16(20)12-10-14;12-10(13)8-3-4-9-7(6-8)2-1-5-11-9/h5-13H,3-4H2,1-2H3;1-6H,(H,12,13). The predicted molar refractivity (Wildman–Crippen MR) is 139 cm³/mol. The number of aromatic nitrogens is 2. The smallest absolute Gasteiger partial charge is 0.335 e. The molecule has 35 heavy (non-hydrogen) atoms. The van der Waals surface area contributed by atoms with Gasteiger partial charge in [0.05, 0.1) is 28.0 Å². The van der Waals surface area contributed by atoms with Crippen molar-refractivity contribution in [1.82, 2.24) is 9.97 Å². The van der Waals surface area contributed by atoms with E-state index in [-0.39, 0.29) is 5.82 Å². The Labute approximate surface area is 203 Å². The van der Waals surface area contributed by atoms with Crippen molar-refractivity contribution in [3.8, 4) is 11.3 Å². The van der Waals surface area contributed by atoms with Crippen LogP contribution in [0.4, 0.5) is 10.1 Å². The maximum Gasteiger partial charge on any atom is 0.335 e. The molecule has 3 aromatic carbocycles. The Balaban J connectivity index is 0.000000189. The summed E-state index contributed by atoms with van der Waals surface area (Å²) in [5.41, 5.74) is 5.00. The lowest BCUT2D eigenvalue weighted by Crippen LogP contribution is -2.22. The number of para-hydroxylation sites is 1. The van der Waals surface area contributed by atoms with Crippen molar-refractivity contribution < 1.29 is 14.3 Å². The van der Waals surface area contributed by atoms with Gasteiger partial charge in [-0.2, -0.15) is 0 Å². The summed E-state index contributed by atoms with van der Waals surface area (Å²) in [6.45, 7) is 6.08. The van der Waals surface area contributed by atoms with Crippen LogP contribution in [0.3, 0.4) is 0 Å². The maximum absolute atomic E-state index is 13.2. The lowest BCUT2D eigenvalue weighted by atomic mass is 10.1. The molecule has 0 bridgehead atoms. The number of nitrogens with zero attached hydrogens (tertiary/aromatic N) is 3. The van der Waals surface area contributed by atoms with Crippen molar-refractivity contribution in [3.05, 3.63) is 103 Å². The Morgan fingerprint density at radius 3 is 2.26 bits per heavy atom. The molecule has 0 amide bonds. The van der Waals surface area contributed by atoms with E-state index >= 15 is 0 Å². The fourth-order valence-corrected chi connectivity index (χ4v) is 3.94. The molecule has 0 aliphatic carbocycles. The van der Waals surface area contributed by atoms with Gasteiger partial charge < -0.3 is 10.0 Å². The molecule has 0 atom stereocenters. The van der Waals surface area contributed by atoms with Crippen LogP contribution < -0.4 is 4.90 Å². The van der Waals surface area contributed by atoms with Gasteiger partial charge in [0.15, 0.2) is 0 Å². The molecule has 2 aromatic heterocycles. The summed E-state index contributed by atoms with van der Waals surface area (Å²) in [5, 5.41) is 10.7. The Hall–Kier alpha value is -4.32. The van der Waals surface area contributed by atoms with Gasteiger partial charge in [-0.25, -0.2) is 14.2 Å². The number of fused-ring (bicyclic) bond motifs is 2. The minimum Gasteiger partial charge on any atom is -0.478 e. The second kappa shape index (κ2) is 10.7. The second-order valence-corrected chi connectivity index (χ2v) is 7.94. The number of carbonyl (C=O) groups is 1. The van der Waals surface area contributed by atoms with Crippen molar-refractivity contribution in [3.63, 3.8) is 0 Å². The molecular weight excluding hydrogens is 441 g/mol. The molecule has 0 saturated carbocycles. The molecule has 0 aliphatic heterocycles. The monoisotopic (exact) mass is 467 g/mol. The molecule has 2 heterocycles. The first kappa shape index (κ1) is 23.8. The number of pyridine rings is 2. The number of hydrogen-bond acceptors (Lipinski definition) is 4. The highest BCUT2D eigenvalue weighted by Crippen LogP contribution is 2.32. The number of hydrogen-bond donors (Lipinski definition) is 1. The van der Waals surface area contributed by atoms with Crippen LogP contribution in [0.2, 0.25) is 0 Å². The van der Waals surface area contributed by atoms with E-state index in [2.05, 4.69) is 35.9 Å². The lowest BCUT2D eigenvalue weighted by molar-refractivity contribution is 0.0697. The van der Waals surface area contributed by atoms with Gasteiger partial charge in [0, 0.05) is 35.6 Å². The molecule has 0 unspecified atom stereocenters. The van der Waals surface area contributed by atoms with Crippen molar-refractivity contribution in [1.29, 1.82) is 0 Å². The molecule has 6 heteroatoms. The van der Waals surface area contributed by atoms with Gasteiger partial charge >= 0.3 is 5.97 Å². The Bertz CT molecular complexity index is 1460.